The van der Waals surface area contributed by atoms with Crippen LogP contribution in [0.4, 0.5) is 4.39 Å². The van der Waals surface area contributed by atoms with Crippen molar-refractivity contribution in [2.45, 2.75) is 37.8 Å². The third-order valence-corrected chi connectivity index (χ3v) is 2.99. The highest BCUT2D eigenvalue weighted by Gasteiger charge is 2.25. The van der Waals surface area contributed by atoms with Crippen molar-refractivity contribution in [1.82, 2.24) is 10.3 Å². The number of halogens is 1. The number of aliphatic hydroxyl groups is 1. The van der Waals surface area contributed by atoms with E-state index in [1.807, 2.05) is 0 Å². The van der Waals surface area contributed by atoms with Gasteiger partial charge in [-0.15, -0.1) is 0 Å². The molecule has 1 aromatic rings. The van der Waals surface area contributed by atoms with E-state index in [0.29, 0.717) is 6.42 Å². The Bertz CT molecular complexity index is 411. The van der Waals surface area contributed by atoms with Gasteiger partial charge in [0.2, 0.25) is 5.95 Å². The summed E-state index contributed by atoms with van der Waals surface area (Å²) in [5.74, 6) is -1.11. The molecule has 1 aliphatic rings. The van der Waals surface area contributed by atoms with Gasteiger partial charge in [-0.05, 0) is 25.0 Å². The van der Waals surface area contributed by atoms with Crippen molar-refractivity contribution in [3.05, 3.63) is 29.8 Å². The van der Waals surface area contributed by atoms with Crippen LogP contribution in [0.1, 0.15) is 36.2 Å². The average molecular weight is 238 g/mol. The van der Waals surface area contributed by atoms with Crippen molar-refractivity contribution in [3.63, 3.8) is 0 Å². The summed E-state index contributed by atoms with van der Waals surface area (Å²) in [7, 11) is 0. The molecule has 0 aliphatic heterocycles. The Kier molecular flexibility index (Phi) is 3.68. The number of aliphatic hydroxyl groups excluding tert-OH is 1. The van der Waals surface area contributed by atoms with Gasteiger partial charge in [0, 0.05) is 0 Å². The molecule has 1 aromatic heterocycles. The predicted octanol–water partition coefficient (Wildman–Crippen LogP) is 1.25. The van der Waals surface area contributed by atoms with Gasteiger partial charge < -0.3 is 10.4 Å². The molecule has 2 N–H and O–H groups in total. The second kappa shape index (κ2) is 5.23. The molecule has 0 spiro atoms. The maximum Gasteiger partial charge on any atom is 0.270 e. The molecular formula is C12H15FN2O2. The van der Waals surface area contributed by atoms with Crippen LogP contribution in [0, 0.1) is 5.95 Å². The predicted molar refractivity (Wildman–Crippen MR) is 59.9 cm³/mol. The van der Waals surface area contributed by atoms with E-state index in [9.17, 15) is 14.3 Å². The lowest BCUT2D eigenvalue weighted by molar-refractivity contribution is 0.0713. The fourth-order valence-corrected chi connectivity index (χ4v) is 2.06. The van der Waals surface area contributed by atoms with Gasteiger partial charge in [-0.3, -0.25) is 4.79 Å². The summed E-state index contributed by atoms with van der Waals surface area (Å²) in [6.07, 6.45) is 2.90. The average Bonchev–Trinajstić information content (AvgIpc) is 2.32. The fraction of sp³-hybridized carbons (Fsp3) is 0.500. The first kappa shape index (κ1) is 12.0. The number of nitrogens with one attached hydrogen (secondary N) is 1. The van der Waals surface area contributed by atoms with Crippen LogP contribution < -0.4 is 5.32 Å². The number of aromatic nitrogens is 1. The molecule has 17 heavy (non-hydrogen) atoms. The molecule has 0 radical (unpaired) electrons. The molecule has 0 saturated heterocycles. The molecule has 0 aromatic carbocycles. The van der Waals surface area contributed by atoms with Gasteiger partial charge >= 0.3 is 0 Å². The van der Waals surface area contributed by atoms with Crippen LogP contribution in [0.5, 0.6) is 0 Å². The Morgan fingerprint density at radius 3 is 2.88 bits per heavy atom. The zero-order chi connectivity index (χ0) is 12.3. The summed E-state index contributed by atoms with van der Waals surface area (Å²) in [5.41, 5.74) is 0.0442. The van der Waals surface area contributed by atoms with Crippen LogP contribution in [-0.4, -0.2) is 28.1 Å². The molecule has 0 bridgehead atoms. The Hall–Kier alpha value is -1.49. The van der Waals surface area contributed by atoms with Crippen LogP contribution in [0.15, 0.2) is 18.2 Å². The second-order valence-corrected chi connectivity index (χ2v) is 4.28. The minimum Gasteiger partial charge on any atom is -0.391 e. The van der Waals surface area contributed by atoms with E-state index in [0.717, 1.165) is 19.3 Å². The Morgan fingerprint density at radius 2 is 2.18 bits per heavy atom. The molecule has 1 fully saturated rings. The molecular weight excluding hydrogens is 223 g/mol. The quantitative estimate of drug-likeness (QED) is 0.762. The minimum absolute atomic E-state index is 0.0442. The van der Waals surface area contributed by atoms with Crippen LogP contribution in [0.25, 0.3) is 0 Å². The zero-order valence-corrected chi connectivity index (χ0v) is 9.40. The summed E-state index contributed by atoms with van der Waals surface area (Å²) in [6.45, 7) is 0. The van der Waals surface area contributed by atoms with Gasteiger partial charge in [-0.25, -0.2) is 4.98 Å². The standard InChI is InChI=1S/C12H15FN2O2/c13-11-7-3-5-9(14-11)12(17)15-8-4-1-2-6-10(8)16/h3,5,7-8,10,16H,1-2,4,6H2,(H,15,17)/t8-,10-/m1/s1. The molecule has 1 heterocycles. The van der Waals surface area contributed by atoms with Crippen LogP contribution in [-0.2, 0) is 0 Å². The van der Waals surface area contributed by atoms with Crippen LogP contribution >= 0.6 is 0 Å². The van der Waals surface area contributed by atoms with Crippen molar-refractivity contribution in [1.29, 1.82) is 0 Å². The largest absolute Gasteiger partial charge is 0.391 e. The van der Waals surface area contributed by atoms with Gasteiger partial charge in [0.25, 0.3) is 5.91 Å². The number of amides is 1. The van der Waals surface area contributed by atoms with Gasteiger partial charge in [-0.2, -0.15) is 4.39 Å². The first-order valence-electron chi connectivity index (χ1n) is 5.78. The lowest BCUT2D eigenvalue weighted by Gasteiger charge is -2.28. The van der Waals surface area contributed by atoms with E-state index in [2.05, 4.69) is 10.3 Å². The topological polar surface area (TPSA) is 62.2 Å². The maximum absolute atomic E-state index is 12.8. The molecule has 4 nitrogen and oxygen atoms in total. The number of pyridine rings is 1. The van der Waals surface area contributed by atoms with E-state index in [1.165, 1.54) is 18.2 Å². The monoisotopic (exact) mass is 238 g/mol. The molecule has 2 atom stereocenters. The van der Waals surface area contributed by atoms with Gasteiger partial charge in [0.15, 0.2) is 0 Å². The van der Waals surface area contributed by atoms with Crippen molar-refractivity contribution in [2.75, 3.05) is 0 Å². The Morgan fingerprint density at radius 1 is 1.41 bits per heavy atom. The highest BCUT2D eigenvalue weighted by molar-refractivity contribution is 5.92. The van der Waals surface area contributed by atoms with E-state index in [4.69, 9.17) is 0 Å². The van der Waals surface area contributed by atoms with Gasteiger partial charge in [0.1, 0.15) is 5.69 Å². The third kappa shape index (κ3) is 3.00. The van der Waals surface area contributed by atoms with Crippen LogP contribution in [0.2, 0.25) is 0 Å². The number of hydrogen-bond donors (Lipinski definition) is 2. The molecule has 92 valence electrons. The fourth-order valence-electron chi connectivity index (χ4n) is 2.06. The summed E-state index contributed by atoms with van der Waals surface area (Å²) in [4.78, 5) is 15.3. The van der Waals surface area contributed by atoms with E-state index >= 15 is 0 Å². The van der Waals surface area contributed by atoms with Gasteiger partial charge in [-0.1, -0.05) is 18.9 Å². The maximum atomic E-state index is 12.8. The molecule has 1 saturated carbocycles. The Labute approximate surface area is 98.9 Å². The number of nitrogens with zero attached hydrogens (tertiary/aromatic N) is 1. The lowest BCUT2D eigenvalue weighted by Crippen LogP contribution is -2.45. The number of carbonyl (C=O) groups excluding carboxylic acids is 1. The highest BCUT2D eigenvalue weighted by atomic mass is 19.1. The lowest BCUT2D eigenvalue weighted by atomic mass is 9.92. The number of rotatable bonds is 2. The minimum atomic E-state index is -0.679. The van der Waals surface area contributed by atoms with Crippen molar-refractivity contribution >= 4 is 5.91 Å². The van der Waals surface area contributed by atoms with Gasteiger partial charge in [0.05, 0.1) is 12.1 Å². The summed E-state index contributed by atoms with van der Waals surface area (Å²) in [5, 5.41) is 12.4. The SMILES string of the molecule is O=C(N[C@@H]1CCCC[C@H]1O)c1cccc(F)n1. The van der Waals surface area contributed by atoms with E-state index in [1.54, 1.807) is 0 Å². The third-order valence-electron chi connectivity index (χ3n) is 2.99. The number of carbonyl (C=O) groups is 1. The Balaban J connectivity index is 2.01. The van der Waals surface area contributed by atoms with E-state index in [-0.39, 0.29) is 11.7 Å². The van der Waals surface area contributed by atoms with Crippen molar-refractivity contribution in [3.8, 4) is 0 Å². The van der Waals surface area contributed by atoms with E-state index < -0.39 is 18.0 Å². The highest BCUT2D eigenvalue weighted by Crippen LogP contribution is 2.18. The molecule has 1 aliphatic carbocycles. The van der Waals surface area contributed by atoms with Crippen molar-refractivity contribution in [2.24, 2.45) is 0 Å². The molecule has 2 rings (SSSR count). The van der Waals surface area contributed by atoms with Crippen molar-refractivity contribution < 1.29 is 14.3 Å². The zero-order valence-electron chi connectivity index (χ0n) is 9.40. The summed E-state index contributed by atoms with van der Waals surface area (Å²) in [6, 6.07) is 3.83. The van der Waals surface area contributed by atoms with Crippen LogP contribution in [0.3, 0.4) is 0 Å². The molecule has 5 heteroatoms. The molecule has 0 unspecified atom stereocenters. The summed E-state index contributed by atoms with van der Waals surface area (Å²) >= 11 is 0. The molecule has 1 amide bonds. The second-order valence-electron chi connectivity index (χ2n) is 4.28. The number of hydrogen-bond acceptors (Lipinski definition) is 3. The summed E-state index contributed by atoms with van der Waals surface area (Å²) < 4.78 is 12.8. The first-order valence-corrected chi connectivity index (χ1v) is 5.78. The smallest absolute Gasteiger partial charge is 0.270 e. The first-order chi connectivity index (χ1) is 8.16. The normalized spacial score (nSPS) is 24.4.